The van der Waals surface area contributed by atoms with Gasteiger partial charge in [-0.3, -0.25) is 0 Å². The molecule has 3 aliphatic rings. The van der Waals surface area contributed by atoms with Crippen molar-refractivity contribution >= 4 is 34.1 Å². The Kier molecular flexibility index (Phi) is 9.98. The topological polar surface area (TPSA) is 96.4 Å². The van der Waals surface area contributed by atoms with Crippen LogP contribution < -0.4 is 24.7 Å². The third kappa shape index (κ3) is 7.48. The Labute approximate surface area is 387 Å². The first-order chi connectivity index (χ1) is 33.1. The van der Waals surface area contributed by atoms with E-state index < -0.39 is 0 Å². The highest BCUT2D eigenvalue weighted by molar-refractivity contribution is 6.15. The molecule has 0 fully saturated rings. The van der Waals surface area contributed by atoms with Gasteiger partial charge in [0, 0.05) is 27.8 Å². The quantitative estimate of drug-likeness (QED) is 0.148. The second kappa shape index (κ2) is 16.9. The van der Waals surface area contributed by atoms with Crippen LogP contribution in [0.1, 0.15) is 45.8 Å². The number of nitrogens with one attached hydrogen (secondary N) is 2. The SMILES string of the molecule is C[n+]1c(C2=CC(c3ccccc3)NC(c3cc(C4=NC(c5ccccc5)NC(c5ccccc5)=N4)ccc3-c3cccc4c3Oc3ccccc3O4)=N2)nc2ccccc2c1-c1ccccc1. The molecule has 0 spiro atoms. The van der Waals surface area contributed by atoms with E-state index in [4.69, 9.17) is 29.4 Å². The number of para-hydroxylation sites is 4. The fourth-order valence-corrected chi connectivity index (χ4v) is 9.06. The molecule has 0 bridgehead atoms. The summed E-state index contributed by atoms with van der Waals surface area (Å²) in [5.41, 5.74) is 10.2. The number of benzene rings is 8. The normalized spacial score (nSPS) is 16.1. The van der Waals surface area contributed by atoms with E-state index in [9.17, 15) is 0 Å². The van der Waals surface area contributed by atoms with Crippen molar-refractivity contribution < 1.29 is 14.0 Å². The van der Waals surface area contributed by atoms with Crippen molar-refractivity contribution in [3.63, 3.8) is 0 Å². The van der Waals surface area contributed by atoms with Crippen LogP contribution in [-0.2, 0) is 7.05 Å². The van der Waals surface area contributed by atoms with Crippen molar-refractivity contribution in [1.29, 1.82) is 0 Å². The fraction of sp³-hybridized carbons (Fsp3) is 0.0517. The minimum absolute atomic E-state index is 0.272. The van der Waals surface area contributed by atoms with Gasteiger partial charge in [-0.1, -0.05) is 170 Å². The highest BCUT2D eigenvalue weighted by Crippen LogP contribution is 2.50. The van der Waals surface area contributed by atoms with Crippen molar-refractivity contribution in [2.75, 3.05) is 0 Å². The second-order valence-electron chi connectivity index (χ2n) is 16.6. The highest BCUT2D eigenvalue weighted by Gasteiger charge is 2.32. The molecule has 67 heavy (non-hydrogen) atoms. The smallest absolute Gasteiger partial charge is 0.349 e. The van der Waals surface area contributed by atoms with Crippen molar-refractivity contribution in [3.05, 3.63) is 246 Å². The van der Waals surface area contributed by atoms with Gasteiger partial charge >= 0.3 is 5.82 Å². The monoisotopic (exact) mass is 868 g/mol. The molecule has 2 atom stereocenters. The predicted octanol–water partition coefficient (Wildman–Crippen LogP) is 11.9. The highest BCUT2D eigenvalue weighted by atomic mass is 16.6. The predicted molar refractivity (Wildman–Crippen MR) is 265 cm³/mol. The van der Waals surface area contributed by atoms with E-state index in [0.717, 1.165) is 78.5 Å². The number of aromatic nitrogens is 2. The lowest BCUT2D eigenvalue weighted by Gasteiger charge is -2.27. The van der Waals surface area contributed by atoms with Crippen molar-refractivity contribution in [2.45, 2.75) is 12.2 Å². The van der Waals surface area contributed by atoms with Crippen LogP contribution >= 0.6 is 0 Å². The Bertz CT molecular complexity index is 3480. The number of fused-ring (bicyclic) bond motifs is 3. The molecule has 0 saturated carbocycles. The van der Waals surface area contributed by atoms with E-state index in [-0.39, 0.29) is 12.2 Å². The molecule has 0 radical (unpaired) electrons. The lowest BCUT2D eigenvalue weighted by Crippen LogP contribution is -2.39. The van der Waals surface area contributed by atoms with E-state index in [2.05, 4.69) is 144 Å². The van der Waals surface area contributed by atoms with Crippen LogP contribution in [0.4, 0.5) is 0 Å². The number of hydrogen-bond acceptors (Lipinski definition) is 8. The number of nitrogens with zero attached hydrogens (tertiary/aromatic N) is 5. The molecule has 4 heterocycles. The summed E-state index contributed by atoms with van der Waals surface area (Å²) in [6, 6.07) is 69.5. The number of ether oxygens (including phenoxy) is 2. The molecular weight excluding hydrogens is 827 g/mol. The molecule has 0 aliphatic carbocycles. The van der Waals surface area contributed by atoms with Gasteiger partial charge in [0.25, 0.3) is 0 Å². The molecule has 1 aromatic heterocycles. The lowest BCUT2D eigenvalue weighted by molar-refractivity contribution is -0.664. The summed E-state index contributed by atoms with van der Waals surface area (Å²) in [4.78, 5) is 21.4. The van der Waals surface area contributed by atoms with Crippen LogP contribution in [0.25, 0.3) is 39.0 Å². The van der Waals surface area contributed by atoms with Crippen LogP contribution in [0.2, 0.25) is 0 Å². The zero-order valence-electron chi connectivity index (χ0n) is 36.4. The maximum Gasteiger partial charge on any atom is 0.349 e. The van der Waals surface area contributed by atoms with Gasteiger partial charge in [-0.05, 0) is 64.1 Å². The Morgan fingerprint density at radius 2 is 1.13 bits per heavy atom. The van der Waals surface area contributed by atoms with Gasteiger partial charge < -0.3 is 20.1 Å². The second-order valence-corrected chi connectivity index (χ2v) is 16.6. The van der Waals surface area contributed by atoms with Crippen LogP contribution in [0, 0.1) is 0 Å². The third-order valence-electron chi connectivity index (χ3n) is 12.3. The molecule has 320 valence electrons. The Balaban J connectivity index is 1.08. The summed E-state index contributed by atoms with van der Waals surface area (Å²) in [6.07, 6.45) is 1.79. The van der Waals surface area contributed by atoms with Crippen molar-refractivity contribution in [3.8, 4) is 45.4 Å². The van der Waals surface area contributed by atoms with Gasteiger partial charge in [-0.15, -0.1) is 0 Å². The molecular formula is C58H42N7O2+. The first-order valence-corrected chi connectivity index (χ1v) is 22.3. The van der Waals surface area contributed by atoms with Gasteiger partial charge in [-0.25, -0.2) is 19.5 Å². The lowest BCUT2D eigenvalue weighted by atomic mass is 9.93. The molecule has 9 nitrogen and oxygen atoms in total. The van der Waals surface area contributed by atoms with E-state index >= 15 is 0 Å². The zero-order chi connectivity index (χ0) is 44.7. The van der Waals surface area contributed by atoms with Crippen LogP contribution in [-0.4, -0.2) is 22.5 Å². The Hall–Kier alpha value is -8.95. The van der Waals surface area contributed by atoms with Gasteiger partial charge in [0.15, 0.2) is 40.0 Å². The molecule has 2 N–H and O–H groups in total. The Morgan fingerprint density at radius 1 is 0.493 bits per heavy atom. The first kappa shape index (κ1) is 39.6. The molecule has 3 aliphatic heterocycles. The maximum atomic E-state index is 6.71. The van der Waals surface area contributed by atoms with E-state index in [0.29, 0.717) is 34.7 Å². The summed E-state index contributed by atoms with van der Waals surface area (Å²) in [5, 5.41) is 8.53. The number of hydrogen-bond donors (Lipinski definition) is 2. The maximum absolute atomic E-state index is 6.71. The van der Waals surface area contributed by atoms with Gasteiger partial charge in [0.2, 0.25) is 0 Å². The molecule has 9 aromatic rings. The van der Waals surface area contributed by atoms with Gasteiger partial charge in [0.1, 0.15) is 23.5 Å². The summed E-state index contributed by atoms with van der Waals surface area (Å²) in [6.45, 7) is 0. The largest absolute Gasteiger partial charge is 0.449 e. The van der Waals surface area contributed by atoms with Crippen LogP contribution in [0.3, 0.4) is 0 Å². The molecule has 2 unspecified atom stereocenters. The van der Waals surface area contributed by atoms with Crippen LogP contribution in [0.5, 0.6) is 23.0 Å². The summed E-state index contributed by atoms with van der Waals surface area (Å²) in [7, 11) is 2.07. The van der Waals surface area contributed by atoms with E-state index in [1.54, 1.807) is 0 Å². The van der Waals surface area contributed by atoms with Crippen molar-refractivity contribution in [2.24, 2.45) is 22.0 Å². The number of amidine groups is 3. The summed E-state index contributed by atoms with van der Waals surface area (Å²) < 4.78 is 15.3. The van der Waals surface area contributed by atoms with Gasteiger partial charge in [-0.2, -0.15) is 0 Å². The minimum Gasteiger partial charge on any atom is -0.449 e. The van der Waals surface area contributed by atoms with E-state index in [1.807, 2.05) is 91.0 Å². The van der Waals surface area contributed by atoms with Crippen LogP contribution in [0.15, 0.2) is 227 Å². The fourth-order valence-electron chi connectivity index (χ4n) is 9.06. The standard InChI is InChI=1S/C58H42N7O2/c1-65-52(38-21-8-3-9-22-38)44-27-14-15-29-46(44)61-58(65)48-36-47(37-19-6-2-7-20-37)59-57(60-48)45-35-41(33-34-42(45)43-28-18-32-51-53(43)67-50-31-17-16-30-49(50)66-51)56-63-54(39-23-10-4-11-24-39)62-55(64-56)40-25-12-5-13-26-40/h2-36,47,54H,1H3,(H,59,60)(H,62,63,64)/q+1. The number of aliphatic imine (C=N–C) groups is 3. The molecule has 0 saturated heterocycles. The van der Waals surface area contributed by atoms with Gasteiger partial charge in [0.05, 0.1) is 18.5 Å². The Morgan fingerprint density at radius 3 is 1.90 bits per heavy atom. The van der Waals surface area contributed by atoms with Crippen molar-refractivity contribution in [1.82, 2.24) is 15.6 Å². The third-order valence-corrected chi connectivity index (χ3v) is 12.3. The average molecular weight is 869 g/mol. The van der Waals surface area contributed by atoms with E-state index in [1.165, 1.54) is 0 Å². The number of rotatable bonds is 8. The molecule has 0 amide bonds. The molecule has 12 rings (SSSR count). The summed E-state index contributed by atoms with van der Waals surface area (Å²) in [5.74, 6) is 5.25. The first-order valence-electron chi connectivity index (χ1n) is 22.3. The molecule has 9 heteroatoms. The average Bonchev–Trinajstić information content (AvgIpc) is 3.40. The zero-order valence-corrected chi connectivity index (χ0v) is 36.4. The minimum atomic E-state index is -0.376. The molecule has 8 aromatic carbocycles. The summed E-state index contributed by atoms with van der Waals surface area (Å²) >= 11 is 0.